The fourth-order valence-electron chi connectivity index (χ4n) is 2.01. The normalized spacial score (nSPS) is 15.6. The Kier molecular flexibility index (Phi) is 4.25. The molecular formula is C13H12Cl2N2O2S2. The van der Waals surface area contributed by atoms with Gasteiger partial charge in [-0.05, 0) is 30.4 Å². The number of thiophene rings is 1. The van der Waals surface area contributed by atoms with E-state index in [1.165, 1.54) is 16.6 Å². The van der Waals surface area contributed by atoms with E-state index in [-0.39, 0.29) is 21.1 Å². The lowest BCUT2D eigenvalue weighted by atomic mass is 10.4. The van der Waals surface area contributed by atoms with Gasteiger partial charge in [0.15, 0.2) is 0 Å². The summed E-state index contributed by atoms with van der Waals surface area (Å²) in [6.45, 7) is 0.380. The van der Waals surface area contributed by atoms with Crippen molar-refractivity contribution in [1.29, 1.82) is 0 Å². The molecule has 0 aromatic carbocycles. The van der Waals surface area contributed by atoms with Gasteiger partial charge in [0.1, 0.15) is 10.0 Å². The first-order valence-corrected chi connectivity index (χ1v) is 9.41. The Morgan fingerprint density at radius 3 is 2.71 bits per heavy atom. The number of nitrogens with zero attached hydrogens (tertiary/aromatic N) is 2. The summed E-state index contributed by atoms with van der Waals surface area (Å²) in [6, 6.07) is 5.27. The highest BCUT2D eigenvalue weighted by molar-refractivity contribution is 7.89. The Morgan fingerprint density at radius 2 is 2.14 bits per heavy atom. The molecule has 0 bridgehead atoms. The van der Waals surface area contributed by atoms with Crippen LogP contribution in [0.3, 0.4) is 0 Å². The summed E-state index contributed by atoms with van der Waals surface area (Å²) in [5, 5.41) is 2.18. The summed E-state index contributed by atoms with van der Waals surface area (Å²) >= 11 is 13.2. The minimum Gasteiger partial charge on any atom is -0.242 e. The van der Waals surface area contributed by atoms with Gasteiger partial charge in [-0.25, -0.2) is 13.4 Å². The Labute approximate surface area is 137 Å². The fourth-order valence-corrected chi connectivity index (χ4v) is 4.76. The second kappa shape index (κ2) is 5.85. The van der Waals surface area contributed by atoms with Crippen LogP contribution in [-0.4, -0.2) is 23.7 Å². The second-order valence-electron chi connectivity index (χ2n) is 4.80. The molecule has 0 aliphatic heterocycles. The zero-order valence-corrected chi connectivity index (χ0v) is 14.0. The molecule has 0 saturated heterocycles. The predicted octanol–water partition coefficient (Wildman–Crippen LogP) is 3.80. The van der Waals surface area contributed by atoms with Crippen molar-refractivity contribution in [2.24, 2.45) is 0 Å². The first-order chi connectivity index (χ1) is 9.98. The first-order valence-electron chi connectivity index (χ1n) is 6.34. The topological polar surface area (TPSA) is 50.3 Å². The summed E-state index contributed by atoms with van der Waals surface area (Å²) in [6.07, 6.45) is 3.03. The molecule has 1 aliphatic rings. The molecule has 0 amide bonds. The Morgan fingerprint density at radius 1 is 1.38 bits per heavy atom. The van der Waals surface area contributed by atoms with E-state index in [0.717, 1.165) is 17.7 Å². The molecule has 21 heavy (non-hydrogen) atoms. The van der Waals surface area contributed by atoms with Crippen LogP contribution < -0.4 is 0 Å². The van der Waals surface area contributed by atoms with Gasteiger partial charge in [-0.15, -0.1) is 11.3 Å². The molecule has 1 saturated carbocycles. The van der Waals surface area contributed by atoms with E-state index >= 15 is 0 Å². The van der Waals surface area contributed by atoms with E-state index in [1.807, 2.05) is 17.5 Å². The molecule has 1 aliphatic carbocycles. The van der Waals surface area contributed by atoms with Crippen LogP contribution in [0.2, 0.25) is 10.2 Å². The predicted molar refractivity (Wildman–Crippen MR) is 84.3 cm³/mol. The van der Waals surface area contributed by atoms with E-state index in [1.54, 1.807) is 11.3 Å². The Hall–Kier alpha value is -0.660. The Bertz CT molecular complexity index is 744. The first kappa shape index (κ1) is 15.2. The Balaban J connectivity index is 1.95. The molecule has 8 heteroatoms. The van der Waals surface area contributed by atoms with Crippen molar-refractivity contribution < 1.29 is 8.42 Å². The summed E-state index contributed by atoms with van der Waals surface area (Å²) in [4.78, 5) is 4.93. The van der Waals surface area contributed by atoms with Gasteiger partial charge < -0.3 is 0 Å². The van der Waals surface area contributed by atoms with Gasteiger partial charge >= 0.3 is 0 Å². The minimum absolute atomic E-state index is 0.0616. The van der Waals surface area contributed by atoms with Crippen molar-refractivity contribution in [3.8, 4) is 0 Å². The van der Waals surface area contributed by atoms with Crippen LogP contribution in [0.1, 0.15) is 17.7 Å². The molecule has 2 aromatic rings. The molecule has 3 rings (SSSR count). The van der Waals surface area contributed by atoms with Gasteiger partial charge in [-0.2, -0.15) is 4.31 Å². The molecule has 0 radical (unpaired) electrons. The molecule has 0 atom stereocenters. The number of aromatic nitrogens is 1. The molecule has 0 N–H and O–H groups in total. The second-order valence-corrected chi connectivity index (χ2v) is 8.49. The summed E-state index contributed by atoms with van der Waals surface area (Å²) < 4.78 is 27.1. The van der Waals surface area contributed by atoms with E-state index in [0.29, 0.717) is 6.54 Å². The smallest absolute Gasteiger partial charge is 0.242 e. The van der Waals surface area contributed by atoms with Crippen molar-refractivity contribution in [2.45, 2.75) is 30.3 Å². The third-order valence-corrected chi connectivity index (χ3v) is 6.63. The van der Waals surface area contributed by atoms with Gasteiger partial charge in [-0.1, -0.05) is 29.3 Å². The molecule has 4 nitrogen and oxygen atoms in total. The van der Waals surface area contributed by atoms with E-state index < -0.39 is 10.0 Å². The molecule has 0 spiro atoms. The summed E-state index contributed by atoms with van der Waals surface area (Å²) in [5.41, 5.74) is 0. The van der Waals surface area contributed by atoms with Crippen LogP contribution in [0.15, 0.2) is 34.7 Å². The van der Waals surface area contributed by atoms with E-state index in [9.17, 15) is 8.42 Å². The van der Waals surface area contributed by atoms with Gasteiger partial charge in [0, 0.05) is 23.7 Å². The van der Waals surface area contributed by atoms with E-state index in [2.05, 4.69) is 4.98 Å². The number of hydrogen-bond acceptors (Lipinski definition) is 4. The quantitative estimate of drug-likeness (QED) is 0.760. The van der Waals surface area contributed by atoms with Crippen molar-refractivity contribution in [2.75, 3.05) is 0 Å². The maximum atomic E-state index is 12.8. The molecule has 112 valence electrons. The number of pyridine rings is 1. The molecular weight excluding hydrogens is 351 g/mol. The summed E-state index contributed by atoms with van der Waals surface area (Å²) in [5.74, 6) is 0. The molecule has 1 fully saturated rings. The van der Waals surface area contributed by atoms with Crippen molar-refractivity contribution >= 4 is 44.6 Å². The molecule has 2 aromatic heterocycles. The van der Waals surface area contributed by atoms with Gasteiger partial charge in [-0.3, -0.25) is 0 Å². The highest BCUT2D eigenvalue weighted by atomic mass is 35.5. The lowest BCUT2D eigenvalue weighted by Gasteiger charge is -2.21. The maximum absolute atomic E-state index is 12.8. The third-order valence-electron chi connectivity index (χ3n) is 3.22. The lowest BCUT2D eigenvalue weighted by Crippen LogP contribution is -2.32. The number of halogens is 2. The van der Waals surface area contributed by atoms with E-state index in [4.69, 9.17) is 23.2 Å². The van der Waals surface area contributed by atoms with Crippen molar-refractivity contribution in [3.63, 3.8) is 0 Å². The highest BCUT2D eigenvalue weighted by Gasteiger charge is 2.38. The zero-order valence-electron chi connectivity index (χ0n) is 10.9. The van der Waals surface area contributed by atoms with Gasteiger partial charge in [0.05, 0.1) is 5.02 Å². The zero-order chi connectivity index (χ0) is 15.0. The van der Waals surface area contributed by atoms with Gasteiger partial charge in [0.2, 0.25) is 10.0 Å². The third kappa shape index (κ3) is 3.24. The largest absolute Gasteiger partial charge is 0.245 e. The van der Waals surface area contributed by atoms with Crippen molar-refractivity contribution in [1.82, 2.24) is 9.29 Å². The van der Waals surface area contributed by atoms with Crippen LogP contribution in [0, 0.1) is 0 Å². The standard InChI is InChI=1S/C13H12Cl2N2O2S2/c14-12-6-11(7-16-13(12)15)21(18,19)17(9-3-4-9)8-10-2-1-5-20-10/h1-2,5-7,9H,3-4,8H2. The van der Waals surface area contributed by atoms with Crippen LogP contribution in [0.25, 0.3) is 0 Å². The monoisotopic (exact) mass is 362 g/mol. The number of sulfonamides is 1. The molecule has 0 unspecified atom stereocenters. The maximum Gasteiger partial charge on any atom is 0.245 e. The number of rotatable bonds is 5. The molecule has 2 heterocycles. The summed E-state index contributed by atoms with van der Waals surface area (Å²) in [7, 11) is -3.62. The minimum atomic E-state index is -3.62. The number of hydrogen-bond donors (Lipinski definition) is 0. The highest BCUT2D eigenvalue weighted by Crippen LogP contribution is 2.35. The van der Waals surface area contributed by atoms with Crippen LogP contribution in [-0.2, 0) is 16.6 Å². The van der Waals surface area contributed by atoms with Crippen LogP contribution in [0.4, 0.5) is 0 Å². The van der Waals surface area contributed by atoms with Crippen molar-refractivity contribution in [3.05, 3.63) is 44.8 Å². The van der Waals surface area contributed by atoms with Crippen LogP contribution in [0.5, 0.6) is 0 Å². The average molecular weight is 363 g/mol. The van der Waals surface area contributed by atoms with Crippen LogP contribution >= 0.6 is 34.5 Å². The lowest BCUT2D eigenvalue weighted by molar-refractivity contribution is 0.401. The SMILES string of the molecule is O=S(=O)(c1cnc(Cl)c(Cl)c1)N(Cc1cccs1)C1CC1. The fraction of sp³-hybridized carbons (Fsp3) is 0.308. The average Bonchev–Trinajstić information content (AvgIpc) is 3.15. The van der Waals surface area contributed by atoms with Gasteiger partial charge in [0.25, 0.3) is 0 Å².